The standard InChI is InChI=1S/C17H23ClN2O2/c1-13(2)12-16(21)19-8-5-9-20(11-10-19)17(22)14-6-3-4-7-15(14)18/h3-4,6-7,13H,5,8-12H2,1-2H3. The van der Waals surface area contributed by atoms with E-state index in [1.165, 1.54) is 0 Å². The smallest absolute Gasteiger partial charge is 0.255 e. The first-order valence-corrected chi connectivity index (χ1v) is 8.18. The van der Waals surface area contributed by atoms with Crippen molar-refractivity contribution in [2.45, 2.75) is 26.7 Å². The van der Waals surface area contributed by atoms with Gasteiger partial charge in [0.25, 0.3) is 5.91 Å². The highest BCUT2D eigenvalue weighted by molar-refractivity contribution is 6.33. The number of carbonyl (C=O) groups excluding carboxylic acids is 2. The number of rotatable bonds is 3. The monoisotopic (exact) mass is 322 g/mol. The molecule has 1 aromatic rings. The topological polar surface area (TPSA) is 40.6 Å². The predicted molar refractivity (Wildman–Crippen MR) is 88.0 cm³/mol. The van der Waals surface area contributed by atoms with Gasteiger partial charge in [0.2, 0.25) is 5.91 Å². The Balaban J connectivity index is 2.00. The minimum absolute atomic E-state index is 0.0521. The van der Waals surface area contributed by atoms with E-state index in [0.717, 1.165) is 13.0 Å². The van der Waals surface area contributed by atoms with Crippen LogP contribution < -0.4 is 0 Å². The molecule has 4 nitrogen and oxygen atoms in total. The van der Waals surface area contributed by atoms with E-state index in [9.17, 15) is 9.59 Å². The third-order valence-electron chi connectivity index (χ3n) is 3.82. The minimum atomic E-state index is -0.0521. The van der Waals surface area contributed by atoms with Crippen LogP contribution >= 0.6 is 11.6 Å². The van der Waals surface area contributed by atoms with E-state index >= 15 is 0 Å². The summed E-state index contributed by atoms with van der Waals surface area (Å²) in [4.78, 5) is 28.4. The fraction of sp³-hybridized carbons (Fsp3) is 0.529. The second-order valence-corrected chi connectivity index (χ2v) is 6.51. The van der Waals surface area contributed by atoms with Crippen LogP contribution in [0.2, 0.25) is 5.02 Å². The van der Waals surface area contributed by atoms with Crippen molar-refractivity contribution in [3.63, 3.8) is 0 Å². The molecule has 1 aromatic carbocycles. The van der Waals surface area contributed by atoms with E-state index < -0.39 is 0 Å². The van der Waals surface area contributed by atoms with Gasteiger partial charge in [0.15, 0.2) is 0 Å². The predicted octanol–water partition coefficient (Wildman–Crippen LogP) is 3.06. The van der Waals surface area contributed by atoms with Crippen LogP contribution in [0.3, 0.4) is 0 Å². The SMILES string of the molecule is CC(C)CC(=O)N1CCCN(C(=O)c2ccccc2Cl)CC1. The Morgan fingerprint density at radius 1 is 1.09 bits per heavy atom. The van der Waals surface area contributed by atoms with E-state index in [0.29, 0.717) is 42.6 Å². The molecule has 1 aliphatic heterocycles. The van der Waals surface area contributed by atoms with E-state index in [4.69, 9.17) is 11.6 Å². The second-order valence-electron chi connectivity index (χ2n) is 6.10. The fourth-order valence-corrected chi connectivity index (χ4v) is 2.87. The van der Waals surface area contributed by atoms with Gasteiger partial charge in [-0.25, -0.2) is 0 Å². The van der Waals surface area contributed by atoms with E-state index in [1.807, 2.05) is 30.9 Å². The van der Waals surface area contributed by atoms with Crippen LogP contribution in [-0.4, -0.2) is 47.8 Å². The van der Waals surface area contributed by atoms with Gasteiger partial charge in [0.05, 0.1) is 10.6 Å². The zero-order chi connectivity index (χ0) is 16.1. The Morgan fingerprint density at radius 3 is 2.41 bits per heavy atom. The molecular weight excluding hydrogens is 300 g/mol. The van der Waals surface area contributed by atoms with Gasteiger partial charge in [0.1, 0.15) is 0 Å². The molecule has 0 atom stereocenters. The molecule has 1 fully saturated rings. The minimum Gasteiger partial charge on any atom is -0.341 e. The Kier molecular flexibility index (Phi) is 5.83. The van der Waals surface area contributed by atoms with Crippen LogP contribution in [0, 0.1) is 5.92 Å². The number of hydrogen-bond acceptors (Lipinski definition) is 2. The molecule has 0 aromatic heterocycles. The summed E-state index contributed by atoms with van der Waals surface area (Å²) in [5, 5.41) is 0.476. The van der Waals surface area contributed by atoms with Crippen LogP contribution in [0.15, 0.2) is 24.3 Å². The van der Waals surface area contributed by atoms with Crippen molar-refractivity contribution in [1.29, 1.82) is 0 Å². The maximum Gasteiger partial charge on any atom is 0.255 e. The molecule has 120 valence electrons. The van der Waals surface area contributed by atoms with Gasteiger partial charge in [-0.1, -0.05) is 37.6 Å². The van der Waals surface area contributed by atoms with E-state index in [-0.39, 0.29) is 11.8 Å². The zero-order valence-corrected chi connectivity index (χ0v) is 14.0. The van der Waals surface area contributed by atoms with Gasteiger partial charge in [-0.3, -0.25) is 9.59 Å². The summed E-state index contributed by atoms with van der Waals surface area (Å²) in [6.45, 7) is 6.63. The van der Waals surface area contributed by atoms with Crippen molar-refractivity contribution >= 4 is 23.4 Å². The first-order valence-electron chi connectivity index (χ1n) is 7.80. The largest absolute Gasteiger partial charge is 0.341 e. The van der Waals surface area contributed by atoms with Crippen LogP contribution in [0.25, 0.3) is 0 Å². The summed E-state index contributed by atoms with van der Waals surface area (Å²) in [5.74, 6) is 0.488. The summed E-state index contributed by atoms with van der Waals surface area (Å²) in [5.41, 5.74) is 0.533. The summed E-state index contributed by atoms with van der Waals surface area (Å²) in [6.07, 6.45) is 1.37. The fourth-order valence-electron chi connectivity index (χ4n) is 2.65. The molecular formula is C17H23ClN2O2. The molecule has 0 bridgehead atoms. The van der Waals surface area contributed by atoms with Crippen molar-refractivity contribution in [1.82, 2.24) is 9.80 Å². The number of carbonyl (C=O) groups is 2. The molecule has 0 aliphatic carbocycles. The number of benzene rings is 1. The molecule has 1 heterocycles. The van der Waals surface area contributed by atoms with Gasteiger partial charge < -0.3 is 9.80 Å². The lowest BCUT2D eigenvalue weighted by atomic mass is 10.1. The molecule has 0 unspecified atom stereocenters. The van der Waals surface area contributed by atoms with Crippen LogP contribution in [0.5, 0.6) is 0 Å². The molecule has 5 heteroatoms. The van der Waals surface area contributed by atoms with Crippen LogP contribution in [-0.2, 0) is 4.79 Å². The number of amides is 2. The molecule has 22 heavy (non-hydrogen) atoms. The first kappa shape index (κ1) is 16.8. The maximum absolute atomic E-state index is 12.6. The average Bonchev–Trinajstić information content (AvgIpc) is 2.72. The van der Waals surface area contributed by atoms with Crippen molar-refractivity contribution in [2.24, 2.45) is 5.92 Å². The quantitative estimate of drug-likeness (QED) is 0.858. The van der Waals surface area contributed by atoms with E-state index in [1.54, 1.807) is 17.0 Å². The summed E-state index contributed by atoms with van der Waals surface area (Å²) < 4.78 is 0. The first-order chi connectivity index (χ1) is 10.5. The van der Waals surface area contributed by atoms with Gasteiger partial charge >= 0.3 is 0 Å². The molecule has 2 rings (SSSR count). The third kappa shape index (κ3) is 4.23. The molecule has 0 radical (unpaired) electrons. The lowest BCUT2D eigenvalue weighted by Crippen LogP contribution is -2.37. The third-order valence-corrected chi connectivity index (χ3v) is 4.15. The molecule has 1 aliphatic rings. The summed E-state index contributed by atoms with van der Waals surface area (Å²) in [6, 6.07) is 7.10. The lowest BCUT2D eigenvalue weighted by Gasteiger charge is -2.23. The number of halogens is 1. The van der Waals surface area contributed by atoms with Gasteiger partial charge in [-0.15, -0.1) is 0 Å². The van der Waals surface area contributed by atoms with E-state index in [2.05, 4.69) is 0 Å². The van der Waals surface area contributed by atoms with Crippen molar-refractivity contribution in [3.05, 3.63) is 34.9 Å². The second kappa shape index (κ2) is 7.63. The molecule has 0 saturated carbocycles. The van der Waals surface area contributed by atoms with Gasteiger partial charge in [-0.2, -0.15) is 0 Å². The maximum atomic E-state index is 12.6. The summed E-state index contributed by atoms with van der Waals surface area (Å²) >= 11 is 6.10. The van der Waals surface area contributed by atoms with Gasteiger partial charge in [-0.05, 0) is 24.5 Å². The molecule has 0 N–H and O–H groups in total. The molecule has 2 amide bonds. The highest BCUT2D eigenvalue weighted by Gasteiger charge is 2.23. The van der Waals surface area contributed by atoms with Crippen molar-refractivity contribution < 1.29 is 9.59 Å². The zero-order valence-electron chi connectivity index (χ0n) is 13.2. The average molecular weight is 323 g/mol. The highest BCUT2D eigenvalue weighted by atomic mass is 35.5. The Morgan fingerprint density at radius 2 is 1.73 bits per heavy atom. The Labute approximate surface area is 137 Å². The molecule has 1 saturated heterocycles. The van der Waals surface area contributed by atoms with Crippen LogP contribution in [0.4, 0.5) is 0 Å². The van der Waals surface area contributed by atoms with Crippen LogP contribution in [0.1, 0.15) is 37.0 Å². The number of hydrogen-bond donors (Lipinski definition) is 0. The highest BCUT2D eigenvalue weighted by Crippen LogP contribution is 2.18. The van der Waals surface area contributed by atoms with Crippen molar-refractivity contribution in [3.8, 4) is 0 Å². The number of nitrogens with zero attached hydrogens (tertiary/aromatic N) is 2. The normalized spacial score (nSPS) is 15.8. The molecule has 0 spiro atoms. The lowest BCUT2D eigenvalue weighted by molar-refractivity contribution is -0.131. The Hall–Kier alpha value is -1.55. The van der Waals surface area contributed by atoms with Gasteiger partial charge in [0, 0.05) is 32.6 Å². The summed E-state index contributed by atoms with van der Waals surface area (Å²) in [7, 11) is 0. The Bertz CT molecular complexity index is 545. The van der Waals surface area contributed by atoms with Crippen molar-refractivity contribution in [2.75, 3.05) is 26.2 Å².